The molecule has 3 nitrogen and oxygen atoms in total. The van der Waals surface area contributed by atoms with Crippen molar-refractivity contribution < 1.29 is 0 Å². The van der Waals surface area contributed by atoms with Crippen LogP contribution < -0.4 is 11.1 Å². The lowest BCUT2D eigenvalue weighted by atomic mass is 9.92. The minimum Gasteiger partial charge on any atom is -0.361 e. The van der Waals surface area contributed by atoms with Crippen LogP contribution in [-0.4, -0.2) is 35.2 Å². The van der Waals surface area contributed by atoms with E-state index in [9.17, 15) is 0 Å². The fraction of sp³-hybridized carbons (Fsp3) is 0.615. The molecule has 1 aliphatic heterocycles. The number of nitrogens with two attached hydrogens (primary N) is 1. The van der Waals surface area contributed by atoms with Gasteiger partial charge in [-0.2, -0.15) is 0 Å². The maximum Gasteiger partial charge on any atom is 0.169 e. The normalized spacial score (nSPS) is 27.1. The largest absolute Gasteiger partial charge is 0.361 e. The van der Waals surface area contributed by atoms with E-state index in [4.69, 9.17) is 18.0 Å². The van der Waals surface area contributed by atoms with Gasteiger partial charge in [0.15, 0.2) is 5.11 Å². The fourth-order valence-electron chi connectivity index (χ4n) is 2.26. The Labute approximate surface area is 109 Å². The monoisotopic (exact) mass is 251 g/mol. The van der Waals surface area contributed by atoms with Gasteiger partial charge in [0.25, 0.3) is 0 Å². The van der Waals surface area contributed by atoms with Crippen molar-refractivity contribution >= 4 is 17.3 Å². The molecule has 0 aromatic carbocycles. The summed E-state index contributed by atoms with van der Waals surface area (Å²) in [5.74, 6) is 1.23. The maximum atomic E-state index is 5.94. The van der Waals surface area contributed by atoms with Crippen molar-refractivity contribution in [3.8, 4) is 0 Å². The topological polar surface area (TPSA) is 41.3 Å². The number of nitrogens with one attached hydrogen (secondary N) is 1. The van der Waals surface area contributed by atoms with Crippen LogP contribution in [0.15, 0.2) is 24.3 Å². The molecule has 1 heterocycles. The number of hydrogen-bond donors (Lipinski definition) is 2. The first-order valence-corrected chi connectivity index (χ1v) is 6.53. The molecule has 17 heavy (non-hydrogen) atoms. The maximum absolute atomic E-state index is 5.94. The Morgan fingerprint density at radius 1 is 1.35 bits per heavy atom. The first kappa shape index (κ1) is 12.6. The van der Waals surface area contributed by atoms with E-state index in [0.29, 0.717) is 18.4 Å². The number of fused-ring (bicyclic) bond motifs is 1. The van der Waals surface area contributed by atoms with E-state index in [-0.39, 0.29) is 5.54 Å². The molecule has 1 saturated heterocycles. The van der Waals surface area contributed by atoms with Crippen LogP contribution in [0.1, 0.15) is 13.8 Å². The van der Waals surface area contributed by atoms with Crippen LogP contribution in [0.25, 0.3) is 0 Å². The van der Waals surface area contributed by atoms with Gasteiger partial charge in [-0.3, -0.25) is 0 Å². The third-order valence-electron chi connectivity index (χ3n) is 3.22. The van der Waals surface area contributed by atoms with E-state index in [1.54, 1.807) is 0 Å². The van der Waals surface area contributed by atoms with Crippen molar-refractivity contribution in [3.05, 3.63) is 24.3 Å². The van der Waals surface area contributed by atoms with E-state index >= 15 is 0 Å². The molecule has 4 heteroatoms. The van der Waals surface area contributed by atoms with Gasteiger partial charge in [0.1, 0.15) is 0 Å². The molecule has 0 aromatic heterocycles. The Morgan fingerprint density at radius 2 is 1.88 bits per heavy atom. The summed E-state index contributed by atoms with van der Waals surface area (Å²) in [6.45, 7) is 6.74. The summed E-state index contributed by atoms with van der Waals surface area (Å²) in [6, 6.07) is 0. The Hall–Kier alpha value is -0.870. The highest BCUT2D eigenvalue weighted by Crippen LogP contribution is 2.28. The van der Waals surface area contributed by atoms with Gasteiger partial charge in [0.2, 0.25) is 0 Å². The van der Waals surface area contributed by atoms with Gasteiger partial charge in [-0.25, -0.2) is 0 Å². The van der Waals surface area contributed by atoms with E-state index in [0.717, 1.165) is 18.2 Å². The minimum atomic E-state index is -0.226. The average molecular weight is 251 g/mol. The summed E-state index contributed by atoms with van der Waals surface area (Å²) in [7, 11) is 0. The summed E-state index contributed by atoms with van der Waals surface area (Å²) in [5, 5.41) is 4.09. The van der Waals surface area contributed by atoms with Gasteiger partial charge in [0.05, 0.1) is 0 Å². The van der Waals surface area contributed by atoms with Gasteiger partial charge in [-0.15, -0.1) is 0 Å². The van der Waals surface area contributed by atoms with Crippen molar-refractivity contribution in [2.45, 2.75) is 19.4 Å². The van der Waals surface area contributed by atoms with Gasteiger partial charge >= 0.3 is 0 Å². The van der Waals surface area contributed by atoms with Gasteiger partial charge in [0, 0.05) is 37.0 Å². The van der Waals surface area contributed by atoms with Crippen LogP contribution in [0.2, 0.25) is 0 Å². The summed E-state index contributed by atoms with van der Waals surface area (Å²) >= 11 is 5.42. The smallest absolute Gasteiger partial charge is 0.169 e. The molecule has 0 bridgehead atoms. The lowest BCUT2D eigenvalue weighted by Gasteiger charge is -2.25. The van der Waals surface area contributed by atoms with Crippen LogP contribution in [0.5, 0.6) is 0 Å². The molecule has 1 fully saturated rings. The molecule has 2 rings (SSSR count). The highest BCUT2D eigenvalue weighted by Gasteiger charge is 2.31. The van der Waals surface area contributed by atoms with Crippen LogP contribution in [0, 0.1) is 11.8 Å². The van der Waals surface area contributed by atoms with Crippen molar-refractivity contribution in [1.82, 2.24) is 10.2 Å². The zero-order valence-electron chi connectivity index (χ0n) is 10.5. The summed E-state index contributed by atoms with van der Waals surface area (Å²) in [5.41, 5.74) is 5.71. The first-order chi connectivity index (χ1) is 7.96. The predicted molar refractivity (Wildman–Crippen MR) is 75.7 cm³/mol. The number of nitrogens with zero attached hydrogens (tertiary/aromatic N) is 1. The molecule has 0 amide bonds. The summed E-state index contributed by atoms with van der Waals surface area (Å²) < 4.78 is 0. The molecule has 2 atom stereocenters. The zero-order valence-corrected chi connectivity index (χ0v) is 11.3. The molecule has 0 radical (unpaired) electrons. The summed E-state index contributed by atoms with van der Waals surface area (Å²) in [4.78, 5) is 2.25. The van der Waals surface area contributed by atoms with Crippen LogP contribution in [-0.2, 0) is 0 Å². The van der Waals surface area contributed by atoms with Gasteiger partial charge in [-0.1, -0.05) is 24.3 Å². The summed E-state index contributed by atoms with van der Waals surface area (Å²) in [6.07, 6.45) is 8.81. The Bertz CT molecular complexity index is 334. The quantitative estimate of drug-likeness (QED) is 0.725. The average Bonchev–Trinajstić information content (AvgIpc) is 2.68. The minimum absolute atomic E-state index is 0.226. The second kappa shape index (κ2) is 4.78. The molecular formula is C13H21N3S. The Balaban J connectivity index is 1.86. The highest BCUT2D eigenvalue weighted by molar-refractivity contribution is 7.80. The molecule has 0 saturated carbocycles. The van der Waals surface area contributed by atoms with E-state index < -0.39 is 0 Å². The number of likely N-dealkylation sites (tertiary alicyclic amines) is 1. The van der Waals surface area contributed by atoms with Crippen LogP contribution in [0.3, 0.4) is 0 Å². The molecule has 2 aliphatic rings. The van der Waals surface area contributed by atoms with E-state index in [1.807, 2.05) is 13.8 Å². The van der Waals surface area contributed by atoms with Gasteiger partial charge in [-0.05, 0) is 26.1 Å². The third kappa shape index (κ3) is 3.30. The number of hydrogen-bond acceptors (Lipinski definition) is 2. The lowest BCUT2D eigenvalue weighted by Crippen LogP contribution is -2.48. The number of thiocarbonyl (C=S) groups is 1. The van der Waals surface area contributed by atoms with Gasteiger partial charge < -0.3 is 16.0 Å². The number of rotatable bonds is 2. The third-order valence-corrected chi connectivity index (χ3v) is 3.63. The van der Waals surface area contributed by atoms with E-state index in [2.05, 4.69) is 34.5 Å². The lowest BCUT2D eigenvalue weighted by molar-refractivity contribution is 0.459. The van der Waals surface area contributed by atoms with Crippen molar-refractivity contribution in [3.63, 3.8) is 0 Å². The fourth-order valence-corrected chi connectivity index (χ4v) is 2.48. The Morgan fingerprint density at radius 3 is 2.35 bits per heavy atom. The van der Waals surface area contributed by atoms with Crippen molar-refractivity contribution in [2.75, 3.05) is 19.6 Å². The van der Waals surface area contributed by atoms with Crippen molar-refractivity contribution in [1.29, 1.82) is 0 Å². The van der Waals surface area contributed by atoms with Crippen LogP contribution in [0.4, 0.5) is 0 Å². The standard InChI is InChI=1S/C13H21N3S/c1-13(2,14)9-15-12(17)16-7-10-5-3-4-6-11(10)8-16/h3-6,10-11H,7-9,14H2,1-2H3,(H,15,17). The second-order valence-electron chi connectivity index (χ2n) is 5.65. The van der Waals surface area contributed by atoms with E-state index in [1.165, 1.54) is 0 Å². The molecule has 94 valence electrons. The van der Waals surface area contributed by atoms with Crippen molar-refractivity contribution in [2.24, 2.45) is 17.6 Å². The second-order valence-corrected chi connectivity index (χ2v) is 6.04. The number of allylic oxidation sites excluding steroid dienone is 2. The van der Waals surface area contributed by atoms with Crippen LogP contribution >= 0.6 is 12.2 Å². The molecule has 3 N–H and O–H groups in total. The SMILES string of the molecule is CC(C)(N)CNC(=S)N1CC2C=CC=CC2C1. The molecule has 0 spiro atoms. The zero-order chi connectivity index (χ0) is 12.5. The highest BCUT2D eigenvalue weighted by atomic mass is 32.1. The molecule has 0 aromatic rings. The predicted octanol–water partition coefficient (Wildman–Crippen LogP) is 1.27. The molecule has 2 unspecified atom stereocenters. The molecular weight excluding hydrogens is 230 g/mol. The Kier molecular flexibility index (Phi) is 3.54. The first-order valence-electron chi connectivity index (χ1n) is 6.12. The molecule has 1 aliphatic carbocycles.